The summed E-state index contributed by atoms with van der Waals surface area (Å²) in [6, 6.07) is 8.06. The fourth-order valence-electron chi connectivity index (χ4n) is 2.35. The fourth-order valence-corrected chi connectivity index (χ4v) is 2.94. The molecular weight excluding hydrogens is 272 g/mol. The number of hydrogen-bond acceptors (Lipinski definition) is 5. The van der Waals surface area contributed by atoms with Gasteiger partial charge >= 0.3 is 0 Å². The minimum Gasteiger partial charge on any atom is -0.485 e. The summed E-state index contributed by atoms with van der Waals surface area (Å²) in [4.78, 5) is 4.50. The molecule has 0 amide bonds. The first-order valence-corrected chi connectivity index (χ1v) is 7.24. The predicted molar refractivity (Wildman–Crippen MR) is 75.7 cm³/mol. The molecule has 1 aliphatic rings. The van der Waals surface area contributed by atoms with E-state index in [-0.39, 0.29) is 0 Å². The number of aryl methyl sites for hydroxylation is 1. The number of aromatic nitrogens is 4. The molecule has 0 spiro atoms. The molecule has 6 heteroatoms. The molecule has 5 nitrogen and oxygen atoms in total. The highest BCUT2D eigenvalue weighted by Gasteiger charge is 2.20. The van der Waals surface area contributed by atoms with Crippen LogP contribution in [0.1, 0.15) is 16.4 Å². The van der Waals surface area contributed by atoms with E-state index >= 15 is 0 Å². The maximum absolute atomic E-state index is 5.79. The maximum atomic E-state index is 5.79. The van der Waals surface area contributed by atoms with Gasteiger partial charge in [-0.2, -0.15) is 0 Å². The van der Waals surface area contributed by atoms with Crippen molar-refractivity contribution >= 4 is 11.3 Å². The van der Waals surface area contributed by atoms with Crippen molar-refractivity contribution in [2.45, 2.75) is 20.1 Å². The van der Waals surface area contributed by atoms with E-state index in [2.05, 4.69) is 25.8 Å². The van der Waals surface area contributed by atoms with Crippen LogP contribution in [0.25, 0.3) is 11.5 Å². The Morgan fingerprint density at radius 1 is 1.25 bits per heavy atom. The molecule has 0 fully saturated rings. The van der Waals surface area contributed by atoms with Crippen LogP contribution in [0.4, 0.5) is 0 Å². The number of benzene rings is 1. The molecule has 4 rings (SSSR count). The van der Waals surface area contributed by atoms with Gasteiger partial charge in [0, 0.05) is 10.9 Å². The van der Waals surface area contributed by atoms with Crippen LogP contribution in [0.5, 0.6) is 5.75 Å². The minimum atomic E-state index is 0.438. The second-order valence-corrected chi connectivity index (χ2v) is 5.74. The van der Waals surface area contributed by atoms with Gasteiger partial charge in [0.15, 0.2) is 11.6 Å². The third-order valence-electron chi connectivity index (χ3n) is 3.33. The monoisotopic (exact) mass is 284 g/mol. The minimum absolute atomic E-state index is 0.438. The number of nitrogens with zero attached hydrogens (tertiary/aromatic N) is 4. The molecule has 1 aromatic carbocycles. The number of thiazole rings is 1. The standard InChI is InChI=1S/C14H12N4OS/c1-9-15-11(8-20-9)14-17-16-13-7-19-12-5-3-2-4-10(12)6-18(13)14/h2-5,8H,6-7H2,1H3. The average Bonchev–Trinajstić information content (AvgIpc) is 3.00. The molecule has 0 aliphatic carbocycles. The quantitative estimate of drug-likeness (QED) is 0.689. The molecule has 3 heterocycles. The Morgan fingerprint density at radius 3 is 3.00 bits per heavy atom. The lowest BCUT2D eigenvalue weighted by Gasteiger charge is -2.06. The van der Waals surface area contributed by atoms with E-state index in [1.165, 1.54) is 0 Å². The van der Waals surface area contributed by atoms with E-state index < -0.39 is 0 Å². The van der Waals surface area contributed by atoms with E-state index in [0.717, 1.165) is 33.7 Å². The fraction of sp³-hybridized carbons (Fsp3) is 0.214. The van der Waals surface area contributed by atoms with Crippen molar-refractivity contribution in [1.82, 2.24) is 19.7 Å². The van der Waals surface area contributed by atoms with Crippen LogP contribution < -0.4 is 4.74 Å². The summed E-state index contributed by atoms with van der Waals surface area (Å²) in [5.41, 5.74) is 2.02. The summed E-state index contributed by atoms with van der Waals surface area (Å²) in [6.45, 7) is 3.14. The molecule has 0 bridgehead atoms. The van der Waals surface area contributed by atoms with Crippen molar-refractivity contribution in [3.05, 3.63) is 46.0 Å². The van der Waals surface area contributed by atoms with E-state index in [0.29, 0.717) is 13.2 Å². The summed E-state index contributed by atoms with van der Waals surface area (Å²) in [5, 5.41) is 11.6. The molecular formula is C14H12N4OS. The zero-order valence-electron chi connectivity index (χ0n) is 10.9. The zero-order valence-corrected chi connectivity index (χ0v) is 11.7. The number of ether oxygens (including phenoxy) is 1. The molecule has 100 valence electrons. The van der Waals surface area contributed by atoms with Crippen molar-refractivity contribution in [3.8, 4) is 17.3 Å². The average molecular weight is 284 g/mol. The predicted octanol–water partition coefficient (Wildman–Crippen LogP) is 2.65. The van der Waals surface area contributed by atoms with Crippen LogP contribution in [0.3, 0.4) is 0 Å². The van der Waals surface area contributed by atoms with E-state index in [1.807, 2.05) is 30.5 Å². The largest absolute Gasteiger partial charge is 0.485 e. The maximum Gasteiger partial charge on any atom is 0.183 e. The van der Waals surface area contributed by atoms with E-state index in [1.54, 1.807) is 11.3 Å². The molecule has 0 saturated carbocycles. The van der Waals surface area contributed by atoms with Gasteiger partial charge < -0.3 is 9.30 Å². The molecule has 0 atom stereocenters. The third kappa shape index (κ3) is 1.80. The summed E-state index contributed by atoms with van der Waals surface area (Å²) >= 11 is 1.62. The van der Waals surface area contributed by atoms with Gasteiger partial charge in [-0.05, 0) is 13.0 Å². The normalized spacial score (nSPS) is 13.2. The molecule has 2 aromatic heterocycles. The SMILES string of the molecule is Cc1nc(-c2nnc3n2Cc2ccccc2OC3)cs1. The van der Waals surface area contributed by atoms with Crippen LogP contribution in [-0.4, -0.2) is 19.7 Å². The van der Waals surface area contributed by atoms with E-state index in [9.17, 15) is 0 Å². The number of para-hydroxylation sites is 1. The molecule has 0 N–H and O–H groups in total. The Bertz CT molecular complexity index is 777. The first kappa shape index (κ1) is 11.6. The lowest BCUT2D eigenvalue weighted by atomic mass is 10.2. The smallest absolute Gasteiger partial charge is 0.183 e. The van der Waals surface area contributed by atoms with Crippen molar-refractivity contribution in [2.75, 3.05) is 0 Å². The van der Waals surface area contributed by atoms with Gasteiger partial charge in [0.25, 0.3) is 0 Å². The van der Waals surface area contributed by atoms with Crippen molar-refractivity contribution < 1.29 is 4.74 Å². The summed E-state index contributed by atoms with van der Waals surface area (Å²) < 4.78 is 7.87. The Hall–Kier alpha value is -2.21. The molecule has 0 saturated heterocycles. The lowest BCUT2D eigenvalue weighted by Crippen LogP contribution is -2.05. The Balaban J connectivity index is 1.83. The molecule has 3 aromatic rings. The Kier molecular flexibility index (Phi) is 2.56. The van der Waals surface area contributed by atoms with Gasteiger partial charge in [-0.15, -0.1) is 21.5 Å². The Labute approximate surface area is 119 Å². The second-order valence-electron chi connectivity index (χ2n) is 4.67. The van der Waals surface area contributed by atoms with Crippen molar-refractivity contribution in [3.63, 3.8) is 0 Å². The zero-order chi connectivity index (χ0) is 13.5. The first-order chi connectivity index (χ1) is 9.81. The van der Waals surface area contributed by atoms with Gasteiger partial charge in [0.1, 0.15) is 18.1 Å². The number of fused-ring (bicyclic) bond motifs is 2. The summed E-state index contributed by atoms with van der Waals surface area (Å²) in [6.07, 6.45) is 0. The van der Waals surface area contributed by atoms with Crippen LogP contribution in [0, 0.1) is 6.92 Å². The topological polar surface area (TPSA) is 52.8 Å². The molecule has 0 radical (unpaired) electrons. The summed E-state index contributed by atoms with van der Waals surface area (Å²) in [7, 11) is 0. The van der Waals surface area contributed by atoms with E-state index in [4.69, 9.17) is 4.74 Å². The van der Waals surface area contributed by atoms with Gasteiger partial charge in [-0.25, -0.2) is 4.98 Å². The number of hydrogen-bond donors (Lipinski definition) is 0. The molecule has 1 aliphatic heterocycles. The van der Waals surface area contributed by atoms with Crippen molar-refractivity contribution in [1.29, 1.82) is 0 Å². The Morgan fingerprint density at radius 2 is 2.15 bits per heavy atom. The number of rotatable bonds is 1. The molecule has 20 heavy (non-hydrogen) atoms. The third-order valence-corrected chi connectivity index (χ3v) is 4.11. The first-order valence-electron chi connectivity index (χ1n) is 6.36. The highest BCUT2D eigenvalue weighted by atomic mass is 32.1. The van der Waals surface area contributed by atoms with Crippen LogP contribution in [0.2, 0.25) is 0 Å². The highest BCUT2D eigenvalue weighted by molar-refractivity contribution is 7.09. The van der Waals surface area contributed by atoms with Gasteiger partial charge in [0.2, 0.25) is 0 Å². The van der Waals surface area contributed by atoms with Crippen LogP contribution in [-0.2, 0) is 13.2 Å². The van der Waals surface area contributed by atoms with Gasteiger partial charge in [-0.1, -0.05) is 18.2 Å². The van der Waals surface area contributed by atoms with Gasteiger partial charge in [0.05, 0.1) is 11.6 Å². The highest BCUT2D eigenvalue weighted by Crippen LogP contribution is 2.28. The van der Waals surface area contributed by atoms with Crippen molar-refractivity contribution in [2.24, 2.45) is 0 Å². The van der Waals surface area contributed by atoms with Gasteiger partial charge in [-0.3, -0.25) is 0 Å². The second kappa shape index (κ2) is 4.42. The van der Waals surface area contributed by atoms with Crippen LogP contribution >= 0.6 is 11.3 Å². The summed E-state index contributed by atoms with van der Waals surface area (Å²) in [5.74, 6) is 2.56. The van der Waals surface area contributed by atoms with Crippen LogP contribution in [0.15, 0.2) is 29.6 Å². The lowest BCUT2D eigenvalue weighted by molar-refractivity contribution is 0.297. The molecule has 0 unspecified atom stereocenters.